The van der Waals surface area contributed by atoms with Crippen LogP contribution in [0.5, 0.6) is 0 Å². The van der Waals surface area contributed by atoms with E-state index in [4.69, 9.17) is 11.6 Å². The van der Waals surface area contributed by atoms with Crippen LogP contribution in [0.15, 0.2) is 35.9 Å². The van der Waals surface area contributed by atoms with Gasteiger partial charge in [0, 0.05) is 23.1 Å². The maximum atomic E-state index is 12.2. The van der Waals surface area contributed by atoms with E-state index < -0.39 is 0 Å². The molecule has 0 aliphatic carbocycles. The molecule has 0 spiro atoms. The molecule has 1 aromatic heterocycles. The van der Waals surface area contributed by atoms with Crippen LogP contribution in [0.2, 0.25) is 5.02 Å². The van der Waals surface area contributed by atoms with Gasteiger partial charge in [0.15, 0.2) is 0 Å². The van der Waals surface area contributed by atoms with Crippen molar-refractivity contribution in [1.82, 2.24) is 9.78 Å². The third-order valence-corrected chi connectivity index (χ3v) is 4.04. The predicted octanol–water partition coefficient (Wildman–Crippen LogP) is 4.43. The largest absolute Gasteiger partial charge is 0.271 e. The number of carbonyl (C=O) groups is 1. The Bertz CT molecular complexity index is 726. The molecule has 1 aromatic carbocycles. The fraction of sp³-hybridized carbons (Fsp3) is 0.294. The summed E-state index contributed by atoms with van der Waals surface area (Å²) in [5.74, 6) is -0.0389. The SMILES string of the molecule is CCCC1=CC(=O)n2nc(C)c(-c3ccc(Cl)cc3)c2C1. The molecule has 0 amide bonds. The number of hydrogen-bond donors (Lipinski definition) is 0. The zero-order chi connectivity index (χ0) is 15.0. The molecule has 2 aromatic rings. The van der Waals surface area contributed by atoms with E-state index in [2.05, 4.69) is 12.0 Å². The molecule has 1 aliphatic heterocycles. The summed E-state index contributed by atoms with van der Waals surface area (Å²) in [4.78, 5) is 12.2. The van der Waals surface area contributed by atoms with Crippen LogP contribution < -0.4 is 0 Å². The summed E-state index contributed by atoms with van der Waals surface area (Å²) in [6.07, 6.45) is 4.52. The van der Waals surface area contributed by atoms with E-state index in [0.717, 1.165) is 41.8 Å². The number of carbonyl (C=O) groups excluding carboxylic acids is 1. The number of allylic oxidation sites excluding steroid dienone is 2. The van der Waals surface area contributed by atoms with Crippen LogP contribution in [0.4, 0.5) is 0 Å². The van der Waals surface area contributed by atoms with Crippen molar-refractivity contribution >= 4 is 17.5 Å². The lowest BCUT2D eigenvalue weighted by Gasteiger charge is -2.15. The number of fused-ring (bicyclic) bond motifs is 1. The molecular formula is C17H17ClN2O. The molecule has 0 unspecified atom stereocenters. The molecule has 21 heavy (non-hydrogen) atoms. The van der Waals surface area contributed by atoms with Crippen molar-refractivity contribution in [2.75, 3.05) is 0 Å². The van der Waals surface area contributed by atoms with Crippen molar-refractivity contribution in [3.05, 3.63) is 52.3 Å². The minimum Gasteiger partial charge on any atom is -0.267 e. The first-order chi connectivity index (χ1) is 10.1. The third kappa shape index (κ3) is 2.54. The Morgan fingerprint density at radius 3 is 2.67 bits per heavy atom. The van der Waals surface area contributed by atoms with Gasteiger partial charge in [0.05, 0.1) is 11.4 Å². The predicted molar refractivity (Wildman–Crippen MR) is 84.7 cm³/mol. The molecule has 4 heteroatoms. The van der Waals surface area contributed by atoms with Crippen LogP contribution in [0.3, 0.4) is 0 Å². The first-order valence-corrected chi connectivity index (χ1v) is 7.56. The Morgan fingerprint density at radius 1 is 1.29 bits per heavy atom. The average molecular weight is 301 g/mol. The molecule has 0 radical (unpaired) electrons. The maximum Gasteiger partial charge on any atom is 0.271 e. The van der Waals surface area contributed by atoms with E-state index in [-0.39, 0.29) is 5.91 Å². The Hall–Kier alpha value is -1.87. The Morgan fingerprint density at radius 2 is 2.00 bits per heavy atom. The summed E-state index contributed by atoms with van der Waals surface area (Å²) in [5, 5.41) is 5.12. The molecule has 0 N–H and O–H groups in total. The smallest absolute Gasteiger partial charge is 0.267 e. The highest BCUT2D eigenvalue weighted by Gasteiger charge is 2.24. The van der Waals surface area contributed by atoms with Gasteiger partial charge in [-0.2, -0.15) is 5.10 Å². The Labute approximate surface area is 129 Å². The number of halogens is 1. The van der Waals surface area contributed by atoms with Crippen LogP contribution in [0, 0.1) is 6.92 Å². The van der Waals surface area contributed by atoms with Crippen LogP contribution in [-0.4, -0.2) is 15.7 Å². The van der Waals surface area contributed by atoms with Gasteiger partial charge < -0.3 is 0 Å². The van der Waals surface area contributed by atoms with Crippen molar-refractivity contribution in [2.45, 2.75) is 33.1 Å². The maximum absolute atomic E-state index is 12.2. The quantitative estimate of drug-likeness (QED) is 0.840. The number of hydrogen-bond acceptors (Lipinski definition) is 2. The second-order valence-electron chi connectivity index (χ2n) is 5.39. The Kier molecular flexibility index (Phi) is 3.68. The monoisotopic (exact) mass is 300 g/mol. The highest BCUT2D eigenvalue weighted by molar-refractivity contribution is 6.30. The summed E-state index contributed by atoms with van der Waals surface area (Å²) in [5.41, 5.74) is 5.17. The van der Waals surface area contributed by atoms with Gasteiger partial charge >= 0.3 is 0 Å². The fourth-order valence-electron chi connectivity index (χ4n) is 2.90. The minimum atomic E-state index is -0.0389. The van der Waals surface area contributed by atoms with E-state index in [1.54, 1.807) is 10.8 Å². The lowest BCUT2D eigenvalue weighted by atomic mass is 9.95. The van der Waals surface area contributed by atoms with Crippen molar-refractivity contribution < 1.29 is 4.79 Å². The van der Waals surface area contributed by atoms with E-state index >= 15 is 0 Å². The van der Waals surface area contributed by atoms with Gasteiger partial charge in [0.2, 0.25) is 0 Å². The molecule has 3 nitrogen and oxygen atoms in total. The van der Waals surface area contributed by atoms with Crippen molar-refractivity contribution in [1.29, 1.82) is 0 Å². The van der Waals surface area contributed by atoms with Gasteiger partial charge in [-0.05, 0) is 31.0 Å². The lowest BCUT2D eigenvalue weighted by molar-refractivity contribution is 0.0945. The number of nitrogens with zero attached hydrogens (tertiary/aromatic N) is 2. The number of aryl methyl sites for hydroxylation is 1. The molecule has 3 rings (SSSR count). The first kappa shape index (κ1) is 14.1. The third-order valence-electron chi connectivity index (χ3n) is 3.79. The van der Waals surface area contributed by atoms with Gasteiger partial charge in [-0.1, -0.05) is 42.7 Å². The summed E-state index contributed by atoms with van der Waals surface area (Å²) in [7, 11) is 0. The van der Waals surface area contributed by atoms with Gasteiger partial charge in [-0.3, -0.25) is 4.79 Å². The standard InChI is InChI=1S/C17H17ClN2O/c1-3-4-12-9-15-17(13-5-7-14(18)8-6-13)11(2)19-20(15)16(21)10-12/h5-8,10H,3-4,9H2,1-2H3. The lowest BCUT2D eigenvalue weighted by Crippen LogP contribution is -2.19. The summed E-state index contributed by atoms with van der Waals surface area (Å²) in [6.45, 7) is 4.07. The summed E-state index contributed by atoms with van der Waals surface area (Å²) in [6, 6.07) is 7.70. The normalized spacial score (nSPS) is 14.0. The van der Waals surface area contributed by atoms with Crippen molar-refractivity contribution in [3.63, 3.8) is 0 Å². The molecule has 2 heterocycles. The van der Waals surface area contributed by atoms with Gasteiger partial charge in [0.25, 0.3) is 5.91 Å². The zero-order valence-corrected chi connectivity index (χ0v) is 12.9. The first-order valence-electron chi connectivity index (χ1n) is 7.18. The number of aromatic nitrogens is 2. The molecule has 0 atom stereocenters. The van der Waals surface area contributed by atoms with E-state index in [1.807, 2.05) is 31.2 Å². The van der Waals surface area contributed by atoms with E-state index in [9.17, 15) is 4.79 Å². The van der Waals surface area contributed by atoms with Crippen molar-refractivity contribution in [3.8, 4) is 11.1 Å². The van der Waals surface area contributed by atoms with Gasteiger partial charge in [0.1, 0.15) is 0 Å². The number of rotatable bonds is 3. The molecule has 108 valence electrons. The van der Waals surface area contributed by atoms with Gasteiger partial charge in [-0.25, -0.2) is 4.68 Å². The topological polar surface area (TPSA) is 34.9 Å². The van der Waals surface area contributed by atoms with Crippen LogP contribution in [-0.2, 0) is 6.42 Å². The van der Waals surface area contributed by atoms with Crippen LogP contribution in [0.25, 0.3) is 11.1 Å². The summed E-state index contributed by atoms with van der Waals surface area (Å²) < 4.78 is 1.54. The Balaban J connectivity index is 2.09. The number of benzene rings is 1. The molecule has 0 saturated carbocycles. The highest BCUT2D eigenvalue weighted by Crippen LogP contribution is 2.32. The molecular weight excluding hydrogens is 284 g/mol. The zero-order valence-electron chi connectivity index (χ0n) is 12.2. The van der Waals surface area contributed by atoms with Crippen molar-refractivity contribution in [2.24, 2.45) is 0 Å². The van der Waals surface area contributed by atoms with Gasteiger partial charge in [-0.15, -0.1) is 0 Å². The minimum absolute atomic E-state index is 0.0389. The molecule has 0 saturated heterocycles. The van der Waals surface area contributed by atoms with Crippen LogP contribution >= 0.6 is 11.6 Å². The van der Waals surface area contributed by atoms with E-state index in [0.29, 0.717) is 5.02 Å². The average Bonchev–Trinajstić information content (AvgIpc) is 2.77. The summed E-state index contributed by atoms with van der Waals surface area (Å²) >= 11 is 5.96. The fourth-order valence-corrected chi connectivity index (χ4v) is 3.02. The molecule has 0 fully saturated rings. The molecule has 0 bridgehead atoms. The van der Waals surface area contributed by atoms with Crippen LogP contribution in [0.1, 0.15) is 35.9 Å². The second kappa shape index (κ2) is 5.49. The highest BCUT2D eigenvalue weighted by atomic mass is 35.5. The molecule has 1 aliphatic rings. The second-order valence-corrected chi connectivity index (χ2v) is 5.83. The van der Waals surface area contributed by atoms with E-state index in [1.165, 1.54) is 5.57 Å².